The number of benzene rings is 1. The molecule has 1 atom stereocenters. The Bertz CT molecular complexity index is 664. The molecule has 0 aromatic heterocycles. The minimum absolute atomic E-state index is 0.00321. The van der Waals surface area contributed by atoms with Crippen molar-refractivity contribution >= 4 is 11.9 Å². The number of carbonyl (C=O) groups is 2. The van der Waals surface area contributed by atoms with Crippen LogP contribution in [0.4, 0.5) is 4.79 Å². The zero-order valence-corrected chi connectivity index (χ0v) is 17.2. The minimum atomic E-state index is -0.0799. The van der Waals surface area contributed by atoms with Crippen LogP contribution in [0.3, 0.4) is 0 Å². The van der Waals surface area contributed by atoms with Gasteiger partial charge in [0.05, 0.1) is 6.04 Å². The van der Waals surface area contributed by atoms with Gasteiger partial charge in [-0.3, -0.25) is 9.69 Å². The van der Waals surface area contributed by atoms with Gasteiger partial charge in [-0.2, -0.15) is 0 Å². The van der Waals surface area contributed by atoms with Crippen LogP contribution in [0.1, 0.15) is 43.7 Å². The topological polar surface area (TPSA) is 64.7 Å². The van der Waals surface area contributed by atoms with E-state index in [1.54, 1.807) is 0 Å². The van der Waals surface area contributed by atoms with Crippen molar-refractivity contribution in [1.29, 1.82) is 0 Å². The molecule has 1 heterocycles. The van der Waals surface area contributed by atoms with Crippen LogP contribution in [0, 0.1) is 12.8 Å². The Hall–Kier alpha value is -2.08. The highest BCUT2D eigenvalue weighted by molar-refractivity contribution is 5.82. The lowest BCUT2D eigenvalue weighted by atomic mass is 9.95. The lowest BCUT2D eigenvalue weighted by Crippen LogP contribution is -2.58. The van der Waals surface area contributed by atoms with E-state index in [0.717, 1.165) is 31.5 Å². The van der Waals surface area contributed by atoms with Crippen LogP contribution in [-0.4, -0.2) is 60.5 Å². The third kappa shape index (κ3) is 5.25. The quantitative estimate of drug-likeness (QED) is 0.790. The molecule has 3 amide bonds. The van der Waals surface area contributed by atoms with E-state index in [4.69, 9.17) is 0 Å². The Balaban J connectivity index is 1.61. The lowest BCUT2D eigenvalue weighted by Gasteiger charge is -2.40. The Morgan fingerprint density at radius 1 is 1.11 bits per heavy atom. The van der Waals surface area contributed by atoms with Crippen molar-refractivity contribution in [3.8, 4) is 0 Å². The van der Waals surface area contributed by atoms with Crippen molar-refractivity contribution < 1.29 is 9.59 Å². The van der Waals surface area contributed by atoms with E-state index in [9.17, 15) is 9.59 Å². The lowest BCUT2D eigenvalue weighted by molar-refractivity contribution is -0.129. The second-order valence-corrected chi connectivity index (χ2v) is 8.05. The summed E-state index contributed by atoms with van der Waals surface area (Å²) in [5.74, 6) is 0.563. The van der Waals surface area contributed by atoms with Crippen molar-refractivity contribution in [2.75, 3.05) is 32.7 Å². The summed E-state index contributed by atoms with van der Waals surface area (Å²) in [7, 11) is 0. The number of hydrogen-bond acceptors (Lipinski definition) is 3. The first kappa shape index (κ1) is 20.6. The summed E-state index contributed by atoms with van der Waals surface area (Å²) < 4.78 is 0. The number of rotatable bonds is 6. The number of amides is 3. The number of carbonyl (C=O) groups excluding carboxylic acids is 2. The highest BCUT2D eigenvalue weighted by Crippen LogP contribution is 2.31. The molecular formula is C22H34N4O2. The van der Waals surface area contributed by atoms with Gasteiger partial charge in [0.2, 0.25) is 5.91 Å². The van der Waals surface area contributed by atoms with E-state index >= 15 is 0 Å². The van der Waals surface area contributed by atoms with Crippen molar-refractivity contribution in [2.24, 2.45) is 5.92 Å². The molecule has 0 bridgehead atoms. The summed E-state index contributed by atoms with van der Waals surface area (Å²) in [4.78, 5) is 29.4. The summed E-state index contributed by atoms with van der Waals surface area (Å²) in [5.41, 5.74) is 2.35. The molecule has 154 valence electrons. The van der Waals surface area contributed by atoms with Gasteiger partial charge in [0.25, 0.3) is 0 Å². The Morgan fingerprint density at radius 2 is 1.82 bits per heavy atom. The molecule has 1 aromatic rings. The zero-order valence-electron chi connectivity index (χ0n) is 17.2. The number of piperazine rings is 1. The van der Waals surface area contributed by atoms with Gasteiger partial charge in [-0.1, -0.05) is 42.7 Å². The molecule has 2 aliphatic rings. The molecule has 28 heavy (non-hydrogen) atoms. The molecule has 1 saturated carbocycles. The maximum atomic E-state index is 13.2. The third-order valence-electron chi connectivity index (χ3n) is 5.99. The molecule has 6 nitrogen and oxygen atoms in total. The normalized spacial score (nSPS) is 19.4. The predicted octanol–water partition coefficient (Wildman–Crippen LogP) is 2.52. The highest BCUT2D eigenvalue weighted by atomic mass is 16.2. The van der Waals surface area contributed by atoms with Crippen LogP contribution in [0.2, 0.25) is 0 Å². The SMILES string of the molecule is CCNC(=O)N1CCN(C(C(=O)NCc2cccc(C)c2)C2CCCC2)CC1. The van der Waals surface area contributed by atoms with Crippen LogP contribution in [0.25, 0.3) is 0 Å². The summed E-state index contributed by atoms with van der Waals surface area (Å²) in [6.07, 6.45) is 4.68. The maximum Gasteiger partial charge on any atom is 0.317 e. The minimum Gasteiger partial charge on any atom is -0.351 e. The van der Waals surface area contributed by atoms with Crippen molar-refractivity contribution in [1.82, 2.24) is 20.4 Å². The molecule has 2 fully saturated rings. The first-order valence-electron chi connectivity index (χ1n) is 10.7. The highest BCUT2D eigenvalue weighted by Gasteiger charge is 2.37. The summed E-state index contributed by atoms with van der Waals surface area (Å²) in [5, 5.41) is 6.05. The van der Waals surface area contributed by atoms with E-state index in [0.29, 0.717) is 32.1 Å². The number of nitrogens with zero attached hydrogens (tertiary/aromatic N) is 2. The van der Waals surface area contributed by atoms with Crippen LogP contribution in [-0.2, 0) is 11.3 Å². The van der Waals surface area contributed by atoms with E-state index in [1.165, 1.54) is 18.4 Å². The molecular weight excluding hydrogens is 352 g/mol. The molecule has 2 N–H and O–H groups in total. The van der Waals surface area contributed by atoms with Crippen LogP contribution in [0.5, 0.6) is 0 Å². The van der Waals surface area contributed by atoms with Gasteiger partial charge in [0.15, 0.2) is 0 Å². The fourth-order valence-corrected chi connectivity index (χ4v) is 4.53. The molecule has 1 saturated heterocycles. The smallest absolute Gasteiger partial charge is 0.317 e. The van der Waals surface area contributed by atoms with Crippen molar-refractivity contribution in [2.45, 2.75) is 52.1 Å². The molecule has 6 heteroatoms. The third-order valence-corrected chi connectivity index (χ3v) is 5.99. The zero-order chi connectivity index (χ0) is 19.9. The number of aryl methyl sites for hydroxylation is 1. The maximum absolute atomic E-state index is 13.2. The Morgan fingerprint density at radius 3 is 2.46 bits per heavy atom. The standard InChI is InChI=1S/C22H34N4O2/c1-3-23-22(28)26-13-11-25(12-14-26)20(19-9-4-5-10-19)21(27)24-16-18-8-6-7-17(2)15-18/h6-8,15,19-20H,3-5,9-14,16H2,1-2H3,(H,23,28)(H,24,27). The molecule has 1 aliphatic heterocycles. The Labute approximate surface area is 168 Å². The van der Waals surface area contributed by atoms with Gasteiger partial charge < -0.3 is 15.5 Å². The van der Waals surface area contributed by atoms with Gasteiger partial charge in [-0.05, 0) is 38.2 Å². The molecule has 1 aromatic carbocycles. The second-order valence-electron chi connectivity index (χ2n) is 8.05. The van der Waals surface area contributed by atoms with Crippen LogP contribution < -0.4 is 10.6 Å². The summed E-state index contributed by atoms with van der Waals surface area (Å²) in [6, 6.07) is 8.21. The van der Waals surface area contributed by atoms with Crippen LogP contribution >= 0.6 is 0 Å². The largest absolute Gasteiger partial charge is 0.351 e. The molecule has 3 rings (SSSR count). The fraction of sp³-hybridized carbons (Fsp3) is 0.636. The van der Waals surface area contributed by atoms with Gasteiger partial charge in [-0.15, -0.1) is 0 Å². The molecule has 0 spiro atoms. The van der Waals surface area contributed by atoms with Gasteiger partial charge in [0, 0.05) is 39.3 Å². The first-order chi connectivity index (χ1) is 13.6. The van der Waals surface area contributed by atoms with Crippen LogP contribution in [0.15, 0.2) is 24.3 Å². The van der Waals surface area contributed by atoms with Crippen molar-refractivity contribution in [3.05, 3.63) is 35.4 Å². The van der Waals surface area contributed by atoms with E-state index < -0.39 is 0 Å². The number of nitrogens with one attached hydrogen (secondary N) is 2. The van der Waals surface area contributed by atoms with E-state index in [1.807, 2.05) is 17.9 Å². The Kier molecular flexibility index (Phi) is 7.31. The van der Waals surface area contributed by atoms with E-state index in [2.05, 4.69) is 40.7 Å². The molecule has 1 unspecified atom stereocenters. The average Bonchev–Trinajstić information content (AvgIpc) is 3.21. The van der Waals surface area contributed by atoms with Crippen molar-refractivity contribution in [3.63, 3.8) is 0 Å². The first-order valence-corrected chi connectivity index (χ1v) is 10.7. The molecule has 1 aliphatic carbocycles. The van der Waals surface area contributed by atoms with Gasteiger partial charge >= 0.3 is 6.03 Å². The average molecular weight is 387 g/mol. The van der Waals surface area contributed by atoms with Gasteiger partial charge in [0.1, 0.15) is 0 Å². The molecule has 0 radical (unpaired) electrons. The summed E-state index contributed by atoms with van der Waals surface area (Å²) in [6.45, 7) is 8.10. The summed E-state index contributed by atoms with van der Waals surface area (Å²) >= 11 is 0. The van der Waals surface area contributed by atoms with Gasteiger partial charge in [-0.25, -0.2) is 4.79 Å². The number of hydrogen-bond donors (Lipinski definition) is 2. The predicted molar refractivity (Wildman–Crippen MR) is 111 cm³/mol. The number of urea groups is 1. The second kappa shape index (κ2) is 9.92. The fourth-order valence-electron chi connectivity index (χ4n) is 4.53. The monoisotopic (exact) mass is 386 g/mol. The van der Waals surface area contributed by atoms with E-state index in [-0.39, 0.29) is 18.0 Å².